The van der Waals surface area contributed by atoms with Crippen LogP contribution in [-0.2, 0) is 11.3 Å². The first-order valence-electron chi connectivity index (χ1n) is 8.63. The molecule has 1 atom stereocenters. The fraction of sp³-hybridized carbons (Fsp3) is 0.474. The fourth-order valence-corrected chi connectivity index (χ4v) is 2.90. The number of nitrogens with one attached hydrogen (secondary N) is 1. The summed E-state index contributed by atoms with van der Waals surface area (Å²) in [5.74, 6) is 7.20. The smallest absolute Gasteiger partial charge is 0.113 e. The quantitative estimate of drug-likeness (QED) is 0.878. The molecular formula is C19H22N4O. The molecule has 1 aliphatic heterocycles. The molecule has 5 nitrogen and oxygen atoms in total. The number of hydrogen-bond donors (Lipinski definition) is 1. The van der Waals surface area contributed by atoms with E-state index in [0.29, 0.717) is 5.92 Å². The normalized spacial score (nSPS) is 20.5. The van der Waals surface area contributed by atoms with Crippen LogP contribution in [0.4, 0.5) is 0 Å². The second kappa shape index (κ2) is 6.76. The molecule has 1 aliphatic carbocycles. The average molecular weight is 322 g/mol. The Morgan fingerprint density at radius 2 is 2.29 bits per heavy atom. The van der Waals surface area contributed by atoms with Crippen molar-refractivity contribution in [1.29, 1.82) is 0 Å². The Morgan fingerprint density at radius 1 is 1.38 bits per heavy atom. The standard InChI is InChI=1S/C19H22N4O/c1-14-10-16(5-4-15-2-3-15)6-7-18(14)19-13-23(22-21-19)12-17-11-20-8-9-24-17/h6-7,10,13,15,17,20H,2-3,8-9,11-12H2,1H3. The number of hydrogen-bond acceptors (Lipinski definition) is 4. The van der Waals surface area contributed by atoms with Gasteiger partial charge in [-0.2, -0.15) is 0 Å². The van der Waals surface area contributed by atoms with Crippen molar-refractivity contribution in [3.05, 3.63) is 35.5 Å². The topological polar surface area (TPSA) is 52.0 Å². The van der Waals surface area contributed by atoms with Crippen molar-refractivity contribution in [1.82, 2.24) is 20.3 Å². The van der Waals surface area contributed by atoms with Crippen molar-refractivity contribution >= 4 is 0 Å². The lowest BCUT2D eigenvalue weighted by Crippen LogP contribution is -2.40. The number of aromatic nitrogens is 3. The molecule has 1 aromatic heterocycles. The van der Waals surface area contributed by atoms with E-state index in [0.717, 1.165) is 43.1 Å². The molecule has 1 N–H and O–H groups in total. The Labute approximate surface area is 142 Å². The maximum Gasteiger partial charge on any atom is 0.113 e. The Hall–Kier alpha value is -2.16. The van der Waals surface area contributed by atoms with Gasteiger partial charge < -0.3 is 10.1 Å². The van der Waals surface area contributed by atoms with Crippen molar-refractivity contribution < 1.29 is 4.74 Å². The first-order chi connectivity index (χ1) is 11.8. The first-order valence-corrected chi connectivity index (χ1v) is 8.63. The van der Waals surface area contributed by atoms with Gasteiger partial charge in [-0.25, -0.2) is 4.68 Å². The molecule has 24 heavy (non-hydrogen) atoms. The Bertz CT molecular complexity index is 776. The summed E-state index contributed by atoms with van der Waals surface area (Å²) in [6.07, 6.45) is 4.67. The predicted molar refractivity (Wildman–Crippen MR) is 92.4 cm³/mol. The number of benzene rings is 1. The molecule has 1 saturated carbocycles. The summed E-state index contributed by atoms with van der Waals surface area (Å²) in [5, 5.41) is 11.9. The van der Waals surface area contributed by atoms with Crippen molar-refractivity contribution in [2.45, 2.75) is 32.4 Å². The van der Waals surface area contributed by atoms with E-state index in [9.17, 15) is 0 Å². The number of rotatable bonds is 3. The van der Waals surface area contributed by atoms with E-state index in [1.54, 1.807) is 0 Å². The molecule has 2 aromatic rings. The van der Waals surface area contributed by atoms with Crippen LogP contribution in [0, 0.1) is 24.7 Å². The van der Waals surface area contributed by atoms with E-state index in [2.05, 4.69) is 52.6 Å². The second-order valence-corrected chi connectivity index (χ2v) is 6.60. The van der Waals surface area contributed by atoms with Gasteiger partial charge in [0.2, 0.25) is 0 Å². The van der Waals surface area contributed by atoms with Gasteiger partial charge in [0.25, 0.3) is 0 Å². The molecule has 124 valence electrons. The third-order valence-corrected chi connectivity index (χ3v) is 4.43. The minimum Gasteiger partial charge on any atom is -0.374 e. The lowest BCUT2D eigenvalue weighted by Gasteiger charge is -2.23. The fourth-order valence-electron chi connectivity index (χ4n) is 2.90. The maximum atomic E-state index is 5.72. The van der Waals surface area contributed by atoms with Crippen LogP contribution in [0.25, 0.3) is 11.3 Å². The summed E-state index contributed by atoms with van der Waals surface area (Å²) in [6.45, 7) is 5.38. The minimum absolute atomic E-state index is 0.162. The molecule has 0 amide bonds. The minimum atomic E-state index is 0.162. The van der Waals surface area contributed by atoms with Gasteiger partial charge in [0, 0.05) is 30.1 Å². The average Bonchev–Trinajstić information content (AvgIpc) is 3.32. The van der Waals surface area contributed by atoms with Gasteiger partial charge in [0.1, 0.15) is 5.69 Å². The SMILES string of the molecule is Cc1cc(C#CC2CC2)ccc1-c1cn(CC2CNCCO2)nn1. The lowest BCUT2D eigenvalue weighted by molar-refractivity contribution is 0.0158. The highest BCUT2D eigenvalue weighted by molar-refractivity contribution is 5.64. The zero-order valence-corrected chi connectivity index (χ0v) is 14.0. The number of ether oxygens (including phenoxy) is 1. The van der Waals surface area contributed by atoms with Crippen LogP contribution in [0.5, 0.6) is 0 Å². The Kier molecular flexibility index (Phi) is 4.33. The summed E-state index contributed by atoms with van der Waals surface area (Å²) < 4.78 is 7.59. The van der Waals surface area contributed by atoms with E-state index in [4.69, 9.17) is 4.74 Å². The van der Waals surface area contributed by atoms with Crippen LogP contribution in [0.3, 0.4) is 0 Å². The maximum absolute atomic E-state index is 5.72. The van der Waals surface area contributed by atoms with E-state index < -0.39 is 0 Å². The molecule has 2 fully saturated rings. The number of morpholine rings is 1. The number of aryl methyl sites for hydroxylation is 1. The number of nitrogens with zero attached hydrogens (tertiary/aromatic N) is 3. The van der Waals surface area contributed by atoms with Crippen molar-refractivity contribution in [2.75, 3.05) is 19.7 Å². The highest BCUT2D eigenvalue weighted by Crippen LogP contribution is 2.28. The van der Waals surface area contributed by atoms with E-state index in [1.165, 1.54) is 18.4 Å². The Morgan fingerprint density at radius 3 is 3.04 bits per heavy atom. The molecule has 0 radical (unpaired) electrons. The van der Waals surface area contributed by atoms with Gasteiger partial charge >= 0.3 is 0 Å². The monoisotopic (exact) mass is 322 g/mol. The van der Waals surface area contributed by atoms with Crippen molar-refractivity contribution in [3.8, 4) is 23.1 Å². The second-order valence-electron chi connectivity index (χ2n) is 6.60. The van der Waals surface area contributed by atoms with Crippen LogP contribution >= 0.6 is 0 Å². The Balaban J connectivity index is 1.48. The molecule has 2 heterocycles. The zero-order valence-electron chi connectivity index (χ0n) is 14.0. The molecular weight excluding hydrogens is 300 g/mol. The molecule has 2 aliphatic rings. The molecule has 5 heteroatoms. The molecule has 0 spiro atoms. The van der Waals surface area contributed by atoms with Gasteiger partial charge in [0.15, 0.2) is 0 Å². The van der Waals surface area contributed by atoms with E-state index in [1.807, 2.05) is 10.9 Å². The predicted octanol–water partition coefficient (Wildman–Crippen LogP) is 2.00. The van der Waals surface area contributed by atoms with Gasteiger partial charge in [-0.3, -0.25) is 0 Å². The van der Waals surface area contributed by atoms with Gasteiger partial charge in [-0.1, -0.05) is 23.1 Å². The summed E-state index contributed by atoms with van der Waals surface area (Å²) in [7, 11) is 0. The van der Waals surface area contributed by atoms with Crippen LogP contribution in [0.1, 0.15) is 24.0 Å². The lowest BCUT2D eigenvalue weighted by atomic mass is 10.0. The molecule has 0 bridgehead atoms. The third-order valence-electron chi connectivity index (χ3n) is 4.43. The molecule has 1 unspecified atom stereocenters. The van der Waals surface area contributed by atoms with Gasteiger partial charge in [0.05, 0.1) is 25.5 Å². The van der Waals surface area contributed by atoms with E-state index >= 15 is 0 Å². The van der Waals surface area contributed by atoms with Crippen LogP contribution in [0.15, 0.2) is 24.4 Å². The zero-order chi connectivity index (χ0) is 16.4. The van der Waals surface area contributed by atoms with Gasteiger partial charge in [-0.15, -0.1) is 5.10 Å². The summed E-state index contributed by atoms with van der Waals surface area (Å²) in [4.78, 5) is 0. The van der Waals surface area contributed by atoms with Crippen LogP contribution < -0.4 is 5.32 Å². The van der Waals surface area contributed by atoms with E-state index in [-0.39, 0.29) is 6.10 Å². The first kappa shape index (κ1) is 15.4. The van der Waals surface area contributed by atoms with Gasteiger partial charge in [-0.05, 0) is 37.5 Å². The molecule has 4 rings (SSSR count). The highest BCUT2D eigenvalue weighted by Gasteiger charge is 2.18. The highest BCUT2D eigenvalue weighted by atomic mass is 16.5. The largest absolute Gasteiger partial charge is 0.374 e. The summed E-state index contributed by atoms with van der Waals surface area (Å²) in [5.41, 5.74) is 4.27. The van der Waals surface area contributed by atoms with Crippen molar-refractivity contribution in [2.24, 2.45) is 5.92 Å². The molecule has 1 saturated heterocycles. The summed E-state index contributed by atoms with van der Waals surface area (Å²) >= 11 is 0. The third kappa shape index (κ3) is 3.66. The van der Waals surface area contributed by atoms with Crippen molar-refractivity contribution in [3.63, 3.8) is 0 Å². The molecule has 1 aromatic carbocycles. The summed E-state index contributed by atoms with van der Waals surface area (Å²) in [6, 6.07) is 6.31. The van der Waals surface area contributed by atoms with Crippen LogP contribution in [0.2, 0.25) is 0 Å². The van der Waals surface area contributed by atoms with Crippen LogP contribution in [-0.4, -0.2) is 40.8 Å².